The summed E-state index contributed by atoms with van der Waals surface area (Å²) >= 11 is 0. The van der Waals surface area contributed by atoms with Crippen LogP contribution >= 0.6 is 0 Å². The number of rotatable bonds is 4. The molecule has 0 aromatic heterocycles. The van der Waals surface area contributed by atoms with Gasteiger partial charge in [-0.15, -0.1) is 0 Å². The molecule has 0 spiro atoms. The van der Waals surface area contributed by atoms with Gasteiger partial charge >= 0.3 is 0 Å². The zero-order valence-corrected chi connectivity index (χ0v) is 13.2. The maximum absolute atomic E-state index is 11.9. The molecular formula is C14H28N4O2. The van der Waals surface area contributed by atoms with Gasteiger partial charge in [-0.1, -0.05) is 0 Å². The van der Waals surface area contributed by atoms with Gasteiger partial charge in [-0.3, -0.25) is 15.0 Å². The van der Waals surface area contributed by atoms with Crippen molar-refractivity contribution in [2.24, 2.45) is 5.84 Å². The summed E-state index contributed by atoms with van der Waals surface area (Å²) in [5, 5.41) is 3.59. The maximum Gasteiger partial charge on any atom is 0.235 e. The van der Waals surface area contributed by atoms with Gasteiger partial charge in [0.15, 0.2) is 0 Å². The molecule has 1 rings (SSSR count). The Kier molecular flexibility index (Phi) is 5.15. The van der Waals surface area contributed by atoms with E-state index < -0.39 is 0 Å². The largest absolute Gasteiger partial charge is 0.339 e. The van der Waals surface area contributed by atoms with Crippen LogP contribution in [0.3, 0.4) is 0 Å². The lowest BCUT2D eigenvalue weighted by Gasteiger charge is -2.49. The summed E-state index contributed by atoms with van der Waals surface area (Å²) in [6.07, 6.45) is 1.99. The molecule has 0 saturated carbocycles. The zero-order valence-electron chi connectivity index (χ0n) is 13.2. The molecule has 1 fully saturated rings. The van der Waals surface area contributed by atoms with Gasteiger partial charge in [0.2, 0.25) is 11.8 Å². The Balaban J connectivity index is 2.80. The highest BCUT2D eigenvalue weighted by atomic mass is 16.2. The van der Waals surface area contributed by atoms with E-state index in [1.165, 1.54) is 0 Å². The van der Waals surface area contributed by atoms with Gasteiger partial charge in [-0.05, 0) is 40.5 Å². The fourth-order valence-corrected chi connectivity index (χ4v) is 3.38. The van der Waals surface area contributed by atoms with Crippen LogP contribution in [0, 0.1) is 0 Å². The van der Waals surface area contributed by atoms with Crippen molar-refractivity contribution in [2.45, 2.75) is 71.0 Å². The molecule has 1 heterocycles. The van der Waals surface area contributed by atoms with Crippen molar-refractivity contribution in [1.82, 2.24) is 15.6 Å². The minimum Gasteiger partial charge on any atom is -0.339 e. The molecule has 2 amide bonds. The first-order chi connectivity index (χ1) is 9.06. The van der Waals surface area contributed by atoms with Gasteiger partial charge in [0.05, 0.1) is 0 Å². The maximum atomic E-state index is 11.9. The molecule has 1 saturated heterocycles. The number of hydrogen-bond acceptors (Lipinski definition) is 4. The van der Waals surface area contributed by atoms with Gasteiger partial charge in [0.25, 0.3) is 0 Å². The molecule has 6 heteroatoms. The first kappa shape index (κ1) is 16.9. The number of carbonyl (C=O) groups excluding carboxylic acids is 2. The van der Waals surface area contributed by atoms with Crippen LogP contribution in [0.5, 0.6) is 0 Å². The number of nitrogens with zero attached hydrogens (tertiary/aromatic N) is 1. The molecule has 0 radical (unpaired) electrons. The van der Waals surface area contributed by atoms with Crippen LogP contribution in [0.2, 0.25) is 0 Å². The van der Waals surface area contributed by atoms with Gasteiger partial charge in [0.1, 0.15) is 0 Å². The van der Waals surface area contributed by atoms with E-state index in [0.717, 1.165) is 12.8 Å². The molecule has 0 aliphatic carbocycles. The van der Waals surface area contributed by atoms with E-state index in [-0.39, 0.29) is 35.4 Å². The second-order valence-corrected chi connectivity index (χ2v) is 6.98. The third-order valence-electron chi connectivity index (χ3n) is 3.75. The van der Waals surface area contributed by atoms with Crippen LogP contribution in [-0.4, -0.2) is 40.4 Å². The van der Waals surface area contributed by atoms with E-state index in [4.69, 9.17) is 5.84 Å². The first-order valence-electron chi connectivity index (χ1n) is 7.12. The van der Waals surface area contributed by atoms with E-state index >= 15 is 0 Å². The van der Waals surface area contributed by atoms with Gasteiger partial charge < -0.3 is 10.2 Å². The SMILES string of the molecule is CC(=O)N(CCC(=O)NN)C1CC(C)(C)NC(C)(C)C1. The van der Waals surface area contributed by atoms with Crippen molar-refractivity contribution in [3.63, 3.8) is 0 Å². The van der Waals surface area contributed by atoms with Crippen LogP contribution in [0.25, 0.3) is 0 Å². The van der Waals surface area contributed by atoms with Crippen LogP contribution in [0.1, 0.15) is 53.9 Å². The van der Waals surface area contributed by atoms with Crippen LogP contribution in [0.4, 0.5) is 0 Å². The third kappa shape index (κ3) is 4.76. The molecule has 1 aliphatic rings. The second kappa shape index (κ2) is 6.10. The summed E-state index contributed by atoms with van der Waals surface area (Å²) in [4.78, 5) is 25.0. The molecule has 0 aromatic carbocycles. The highest BCUT2D eigenvalue weighted by molar-refractivity contribution is 5.77. The fraction of sp³-hybridized carbons (Fsp3) is 0.857. The van der Waals surface area contributed by atoms with Crippen LogP contribution < -0.4 is 16.6 Å². The number of carbonyl (C=O) groups is 2. The Bertz CT molecular complexity index is 363. The highest BCUT2D eigenvalue weighted by Gasteiger charge is 2.40. The smallest absolute Gasteiger partial charge is 0.235 e. The van der Waals surface area contributed by atoms with Gasteiger partial charge in [-0.25, -0.2) is 5.84 Å². The Morgan fingerprint density at radius 2 is 1.75 bits per heavy atom. The van der Waals surface area contributed by atoms with Gasteiger partial charge in [-0.2, -0.15) is 0 Å². The molecule has 20 heavy (non-hydrogen) atoms. The first-order valence-corrected chi connectivity index (χ1v) is 7.12. The summed E-state index contributed by atoms with van der Waals surface area (Å²) in [7, 11) is 0. The average Bonchev–Trinajstić information content (AvgIpc) is 2.24. The lowest BCUT2D eigenvalue weighted by Crippen LogP contribution is -2.62. The second-order valence-electron chi connectivity index (χ2n) is 6.98. The van der Waals surface area contributed by atoms with Crippen molar-refractivity contribution < 1.29 is 9.59 Å². The Morgan fingerprint density at radius 3 is 2.15 bits per heavy atom. The zero-order chi connectivity index (χ0) is 15.6. The number of nitrogens with one attached hydrogen (secondary N) is 2. The normalized spacial score (nSPS) is 21.3. The molecule has 116 valence electrons. The average molecular weight is 284 g/mol. The Morgan fingerprint density at radius 1 is 1.25 bits per heavy atom. The van der Waals surface area contributed by atoms with Crippen molar-refractivity contribution >= 4 is 11.8 Å². The van der Waals surface area contributed by atoms with Crippen LogP contribution in [-0.2, 0) is 9.59 Å². The molecule has 0 atom stereocenters. The van der Waals surface area contributed by atoms with Crippen molar-refractivity contribution in [3.8, 4) is 0 Å². The van der Waals surface area contributed by atoms with Crippen LogP contribution in [0.15, 0.2) is 0 Å². The number of nitrogens with two attached hydrogens (primary N) is 1. The minimum atomic E-state index is -0.247. The number of piperidine rings is 1. The molecular weight excluding hydrogens is 256 g/mol. The fourth-order valence-electron chi connectivity index (χ4n) is 3.38. The predicted molar refractivity (Wildman–Crippen MR) is 78.6 cm³/mol. The predicted octanol–water partition coefficient (Wildman–Crippen LogP) is 0.524. The van der Waals surface area contributed by atoms with Crippen molar-refractivity contribution in [1.29, 1.82) is 0 Å². The summed E-state index contributed by atoms with van der Waals surface area (Å²) in [5.74, 6) is 4.85. The molecule has 0 unspecified atom stereocenters. The molecule has 1 aliphatic heterocycles. The summed E-state index contributed by atoms with van der Waals surface area (Å²) in [6.45, 7) is 10.5. The number of hydrogen-bond donors (Lipinski definition) is 3. The lowest BCUT2D eigenvalue weighted by atomic mass is 9.79. The van der Waals surface area contributed by atoms with E-state index in [1.54, 1.807) is 11.8 Å². The third-order valence-corrected chi connectivity index (χ3v) is 3.75. The quantitative estimate of drug-likeness (QED) is 0.399. The minimum absolute atomic E-state index is 0.00771. The highest BCUT2D eigenvalue weighted by Crippen LogP contribution is 2.31. The summed E-state index contributed by atoms with van der Waals surface area (Å²) < 4.78 is 0. The standard InChI is InChI=1S/C14H28N4O2/c1-10(19)18(7-6-12(20)16-15)11-8-13(2,3)17-14(4,5)9-11/h11,17H,6-9,15H2,1-5H3,(H,16,20). The molecule has 6 nitrogen and oxygen atoms in total. The Labute approximate surface area is 121 Å². The Hall–Kier alpha value is -1.14. The van der Waals surface area contributed by atoms with E-state index in [0.29, 0.717) is 6.54 Å². The molecule has 0 bridgehead atoms. The molecule has 0 aromatic rings. The van der Waals surface area contributed by atoms with E-state index in [9.17, 15) is 9.59 Å². The summed E-state index contributed by atoms with van der Waals surface area (Å²) in [6, 6.07) is 0.143. The topological polar surface area (TPSA) is 87.5 Å². The van der Waals surface area contributed by atoms with Crippen molar-refractivity contribution in [2.75, 3.05) is 6.54 Å². The van der Waals surface area contributed by atoms with Crippen molar-refractivity contribution in [3.05, 3.63) is 0 Å². The van der Waals surface area contributed by atoms with E-state index in [2.05, 4.69) is 38.4 Å². The monoisotopic (exact) mass is 284 g/mol. The molecule has 4 N–H and O–H groups in total. The van der Waals surface area contributed by atoms with E-state index in [1.807, 2.05) is 0 Å². The lowest BCUT2D eigenvalue weighted by molar-refractivity contribution is -0.133. The summed E-state index contributed by atoms with van der Waals surface area (Å²) in [5.41, 5.74) is 2.04. The van der Waals surface area contributed by atoms with Gasteiger partial charge in [0, 0.05) is 37.0 Å². The number of hydrazine groups is 1. The number of amides is 2.